The minimum Gasteiger partial charge on any atom is -0.319 e. The van der Waals surface area contributed by atoms with Crippen LogP contribution < -0.4 is 5.73 Å². The molecule has 1 aromatic rings. The van der Waals surface area contributed by atoms with Gasteiger partial charge in [0.1, 0.15) is 5.69 Å². The topological polar surface area (TPSA) is 60.9 Å². The summed E-state index contributed by atoms with van der Waals surface area (Å²) in [5.74, 6) is -0.0845. The van der Waals surface area contributed by atoms with Crippen LogP contribution >= 0.6 is 11.6 Å². The van der Waals surface area contributed by atoms with Crippen LogP contribution in [-0.4, -0.2) is 21.1 Å². The Morgan fingerprint density at radius 1 is 1.67 bits per heavy atom. The van der Waals surface area contributed by atoms with E-state index in [1.165, 1.54) is 6.20 Å². The Morgan fingerprint density at radius 2 is 2.27 bits per heavy atom. The molecule has 0 aliphatic heterocycles. The number of carbonyl (C=O) groups is 1. The van der Waals surface area contributed by atoms with Crippen molar-refractivity contribution in [2.24, 2.45) is 5.73 Å². The van der Waals surface area contributed by atoms with E-state index in [-0.39, 0.29) is 11.8 Å². The standard InChI is InChI=1S/C10H14ClN3O/c1-6(2)14-8(7(11)5-13-14)9(15)10(12)3-4-10/h5-6H,3-4,12H2,1-2H3. The number of Topliss-reactive ketones (excluding diaryl/α,β-unsaturated/α-hetero) is 1. The van der Waals surface area contributed by atoms with Crippen LogP contribution in [0.3, 0.4) is 0 Å². The SMILES string of the molecule is CC(C)n1ncc(Cl)c1C(=O)C1(N)CC1. The molecule has 0 atom stereocenters. The molecule has 2 N–H and O–H groups in total. The van der Waals surface area contributed by atoms with E-state index in [9.17, 15) is 4.79 Å². The van der Waals surface area contributed by atoms with Crippen molar-refractivity contribution in [2.75, 3.05) is 0 Å². The first kappa shape index (κ1) is 10.6. The zero-order chi connectivity index (χ0) is 11.2. The Bertz CT molecular complexity index is 407. The Balaban J connectivity index is 2.42. The van der Waals surface area contributed by atoms with Gasteiger partial charge in [0.05, 0.1) is 16.8 Å². The van der Waals surface area contributed by atoms with Crippen LogP contribution in [0.2, 0.25) is 5.02 Å². The van der Waals surface area contributed by atoms with Crippen molar-refractivity contribution < 1.29 is 4.79 Å². The lowest BCUT2D eigenvalue weighted by molar-refractivity contribution is 0.0936. The van der Waals surface area contributed by atoms with Crippen LogP contribution in [0.4, 0.5) is 0 Å². The molecule has 0 saturated heterocycles. The number of hydrogen-bond donors (Lipinski definition) is 1. The Labute approximate surface area is 93.4 Å². The van der Waals surface area contributed by atoms with E-state index in [1.54, 1.807) is 4.68 Å². The Kier molecular flexibility index (Phi) is 2.35. The fraction of sp³-hybridized carbons (Fsp3) is 0.600. The van der Waals surface area contributed by atoms with Crippen molar-refractivity contribution in [1.82, 2.24) is 9.78 Å². The van der Waals surface area contributed by atoms with E-state index >= 15 is 0 Å². The van der Waals surface area contributed by atoms with Gasteiger partial charge in [-0.2, -0.15) is 5.10 Å². The second kappa shape index (κ2) is 3.32. The van der Waals surface area contributed by atoms with Gasteiger partial charge in [0.25, 0.3) is 0 Å². The third-order valence-electron chi connectivity index (χ3n) is 2.70. The van der Waals surface area contributed by atoms with Gasteiger partial charge >= 0.3 is 0 Å². The van der Waals surface area contributed by atoms with Crippen LogP contribution in [0.1, 0.15) is 43.2 Å². The van der Waals surface area contributed by atoms with Gasteiger partial charge in [0.15, 0.2) is 0 Å². The zero-order valence-corrected chi connectivity index (χ0v) is 9.58. The maximum atomic E-state index is 12.1. The molecule has 4 nitrogen and oxygen atoms in total. The number of ketones is 1. The van der Waals surface area contributed by atoms with Crippen molar-refractivity contribution in [3.8, 4) is 0 Å². The summed E-state index contributed by atoms with van der Waals surface area (Å²) in [7, 11) is 0. The fourth-order valence-electron chi connectivity index (χ4n) is 1.54. The minimum absolute atomic E-state index is 0.0845. The number of nitrogens with two attached hydrogens (primary N) is 1. The largest absolute Gasteiger partial charge is 0.319 e. The van der Waals surface area contributed by atoms with Crippen LogP contribution in [0.25, 0.3) is 0 Å². The van der Waals surface area contributed by atoms with Crippen molar-refractivity contribution in [2.45, 2.75) is 38.3 Å². The van der Waals surface area contributed by atoms with Gasteiger partial charge in [0.2, 0.25) is 5.78 Å². The second-order valence-electron chi connectivity index (χ2n) is 4.36. The lowest BCUT2D eigenvalue weighted by Gasteiger charge is -2.13. The van der Waals surface area contributed by atoms with Crippen molar-refractivity contribution in [3.63, 3.8) is 0 Å². The Hall–Kier alpha value is -0.870. The predicted octanol–water partition coefficient (Wildman–Crippen LogP) is 1.79. The summed E-state index contributed by atoms with van der Waals surface area (Å²) in [6.45, 7) is 3.91. The summed E-state index contributed by atoms with van der Waals surface area (Å²) in [6, 6.07) is 0.110. The number of nitrogens with zero attached hydrogens (tertiary/aromatic N) is 2. The monoisotopic (exact) mass is 227 g/mol. The third-order valence-corrected chi connectivity index (χ3v) is 2.97. The van der Waals surface area contributed by atoms with Crippen LogP contribution in [0, 0.1) is 0 Å². The van der Waals surface area contributed by atoms with Crippen LogP contribution in [0.5, 0.6) is 0 Å². The van der Waals surface area contributed by atoms with Crippen molar-refractivity contribution in [3.05, 3.63) is 16.9 Å². The third kappa shape index (κ3) is 1.68. The van der Waals surface area contributed by atoms with Gasteiger partial charge < -0.3 is 5.73 Å². The molecule has 0 spiro atoms. The highest BCUT2D eigenvalue weighted by Crippen LogP contribution is 2.37. The smallest absolute Gasteiger partial charge is 0.202 e. The summed E-state index contributed by atoms with van der Waals surface area (Å²) in [4.78, 5) is 12.1. The molecular weight excluding hydrogens is 214 g/mol. The van der Waals surface area contributed by atoms with Gasteiger partial charge in [0, 0.05) is 6.04 Å². The summed E-state index contributed by atoms with van der Waals surface area (Å²) in [5.41, 5.74) is 5.64. The lowest BCUT2D eigenvalue weighted by atomic mass is 10.1. The molecule has 0 amide bonds. The minimum atomic E-state index is -0.684. The maximum absolute atomic E-state index is 12.1. The summed E-state index contributed by atoms with van der Waals surface area (Å²) < 4.78 is 1.64. The van der Waals surface area contributed by atoms with E-state index in [1.807, 2.05) is 13.8 Å². The first-order chi connectivity index (χ1) is 6.96. The molecule has 0 aromatic carbocycles. The average Bonchev–Trinajstić information content (AvgIpc) is 2.78. The lowest BCUT2D eigenvalue weighted by Crippen LogP contribution is -2.34. The van der Waals surface area contributed by atoms with Crippen LogP contribution in [0.15, 0.2) is 6.20 Å². The van der Waals surface area contributed by atoms with Gasteiger partial charge in [-0.1, -0.05) is 11.6 Å². The highest BCUT2D eigenvalue weighted by molar-refractivity contribution is 6.34. The van der Waals surface area contributed by atoms with E-state index < -0.39 is 5.54 Å². The van der Waals surface area contributed by atoms with Gasteiger partial charge in [-0.05, 0) is 26.7 Å². The van der Waals surface area contributed by atoms with Gasteiger partial charge in [-0.15, -0.1) is 0 Å². The highest BCUT2D eigenvalue weighted by atomic mass is 35.5. The van der Waals surface area contributed by atoms with Crippen LogP contribution in [-0.2, 0) is 0 Å². The van der Waals surface area contributed by atoms with E-state index in [2.05, 4.69) is 5.10 Å². The zero-order valence-electron chi connectivity index (χ0n) is 8.83. The molecule has 1 fully saturated rings. The maximum Gasteiger partial charge on any atom is 0.202 e. The molecule has 0 bridgehead atoms. The summed E-state index contributed by atoms with van der Waals surface area (Å²) in [6.07, 6.45) is 2.98. The van der Waals surface area contributed by atoms with Crippen molar-refractivity contribution in [1.29, 1.82) is 0 Å². The molecule has 2 rings (SSSR count). The highest BCUT2D eigenvalue weighted by Gasteiger charge is 2.48. The number of aromatic nitrogens is 2. The molecule has 0 unspecified atom stereocenters. The average molecular weight is 228 g/mol. The number of carbonyl (C=O) groups excluding carboxylic acids is 1. The fourth-order valence-corrected chi connectivity index (χ4v) is 1.76. The van der Waals surface area contributed by atoms with E-state index in [0.717, 1.165) is 12.8 Å². The van der Waals surface area contributed by atoms with Gasteiger partial charge in [-0.25, -0.2) is 0 Å². The number of rotatable bonds is 3. The molecule has 1 saturated carbocycles. The number of halogens is 1. The van der Waals surface area contributed by atoms with Crippen molar-refractivity contribution >= 4 is 17.4 Å². The van der Waals surface area contributed by atoms with Gasteiger partial charge in [-0.3, -0.25) is 9.48 Å². The molecule has 1 aliphatic rings. The summed E-state index contributed by atoms with van der Waals surface area (Å²) >= 11 is 5.96. The molecule has 0 radical (unpaired) electrons. The normalized spacial score (nSPS) is 18.2. The molecule has 1 aliphatic carbocycles. The Morgan fingerprint density at radius 3 is 2.73 bits per heavy atom. The second-order valence-corrected chi connectivity index (χ2v) is 4.77. The molecule has 1 heterocycles. The molecule has 5 heteroatoms. The summed E-state index contributed by atoms with van der Waals surface area (Å²) in [5, 5.41) is 4.48. The predicted molar refractivity (Wildman–Crippen MR) is 58.1 cm³/mol. The first-order valence-electron chi connectivity index (χ1n) is 5.02. The van der Waals surface area contributed by atoms with E-state index in [0.29, 0.717) is 10.7 Å². The molecule has 15 heavy (non-hydrogen) atoms. The molecule has 1 aromatic heterocycles. The quantitative estimate of drug-likeness (QED) is 0.801. The molecule has 82 valence electrons. The first-order valence-corrected chi connectivity index (χ1v) is 5.40. The van der Waals surface area contributed by atoms with E-state index in [4.69, 9.17) is 17.3 Å². The molecular formula is C10H14ClN3O. The number of hydrogen-bond acceptors (Lipinski definition) is 3.